The molecule has 1 amide bonds. The van der Waals surface area contributed by atoms with E-state index in [9.17, 15) is 17.8 Å². The van der Waals surface area contributed by atoms with Gasteiger partial charge in [-0.1, -0.05) is 30.3 Å². The zero-order valence-corrected chi connectivity index (χ0v) is 15.7. The predicted molar refractivity (Wildman–Crippen MR) is 103 cm³/mol. The van der Waals surface area contributed by atoms with E-state index in [-0.39, 0.29) is 10.8 Å². The van der Waals surface area contributed by atoms with Crippen LogP contribution in [0.3, 0.4) is 0 Å². The molecule has 1 aliphatic rings. The van der Waals surface area contributed by atoms with Gasteiger partial charge in [0.05, 0.1) is 4.90 Å². The predicted octanol–water partition coefficient (Wildman–Crippen LogP) is 2.76. The van der Waals surface area contributed by atoms with E-state index in [1.807, 2.05) is 34.9 Å². The van der Waals surface area contributed by atoms with Gasteiger partial charge in [0.1, 0.15) is 5.69 Å². The molecule has 6 nitrogen and oxygen atoms in total. The fourth-order valence-corrected chi connectivity index (χ4v) is 4.25. The van der Waals surface area contributed by atoms with Crippen LogP contribution in [0.2, 0.25) is 0 Å². The van der Waals surface area contributed by atoms with Crippen LogP contribution >= 0.6 is 0 Å². The van der Waals surface area contributed by atoms with Crippen LogP contribution in [0.5, 0.6) is 0 Å². The molecule has 3 aromatic rings. The summed E-state index contributed by atoms with van der Waals surface area (Å²) < 4.78 is 34.5. The maximum atomic E-state index is 12.8. The molecule has 0 aliphatic carbocycles. The van der Waals surface area contributed by atoms with Crippen molar-refractivity contribution in [3.8, 4) is 0 Å². The molecule has 7 heteroatoms. The smallest absolute Gasteiger partial charge is 0.294 e. The second-order valence-electron chi connectivity index (χ2n) is 6.85. The molecule has 0 saturated carbocycles. The van der Waals surface area contributed by atoms with E-state index in [1.165, 1.54) is 17.7 Å². The molecule has 0 radical (unpaired) electrons. The largest absolute Gasteiger partial charge is 0.340 e. The summed E-state index contributed by atoms with van der Waals surface area (Å²) in [6, 6.07) is 14.6. The van der Waals surface area contributed by atoms with E-state index in [4.69, 9.17) is 0 Å². The first kappa shape index (κ1) is 17.8. The summed E-state index contributed by atoms with van der Waals surface area (Å²) >= 11 is 0. The summed E-state index contributed by atoms with van der Waals surface area (Å²) in [5.74, 6) is -0.0612. The Hall–Kier alpha value is -2.64. The van der Waals surface area contributed by atoms with Crippen molar-refractivity contribution in [3.63, 3.8) is 0 Å². The molecular weight excluding hydrogens is 364 g/mol. The Labute approximate surface area is 157 Å². The number of carbonyl (C=O) groups excluding carboxylic acids is 1. The Morgan fingerprint density at radius 3 is 2.56 bits per heavy atom. The summed E-state index contributed by atoms with van der Waals surface area (Å²) in [6.07, 6.45) is 1.41. The highest BCUT2D eigenvalue weighted by molar-refractivity contribution is 7.85. The van der Waals surface area contributed by atoms with E-state index in [1.54, 1.807) is 18.0 Å². The third-order valence-corrected chi connectivity index (χ3v) is 6.00. The molecule has 2 aromatic carbocycles. The Morgan fingerprint density at radius 2 is 1.85 bits per heavy atom. The topological polar surface area (TPSA) is 79.6 Å². The van der Waals surface area contributed by atoms with Crippen molar-refractivity contribution in [2.75, 3.05) is 13.6 Å². The maximum absolute atomic E-state index is 12.8. The van der Waals surface area contributed by atoms with Gasteiger partial charge in [-0.15, -0.1) is 0 Å². The molecule has 0 saturated heterocycles. The van der Waals surface area contributed by atoms with Gasteiger partial charge < -0.3 is 9.47 Å². The molecule has 4 rings (SSSR count). The Morgan fingerprint density at radius 1 is 1.11 bits per heavy atom. The minimum Gasteiger partial charge on any atom is -0.340 e. The number of aromatic nitrogens is 1. The molecule has 2 heterocycles. The molecule has 1 aliphatic heterocycles. The van der Waals surface area contributed by atoms with E-state index in [0.717, 1.165) is 22.9 Å². The van der Waals surface area contributed by atoms with Crippen molar-refractivity contribution in [2.24, 2.45) is 0 Å². The van der Waals surface area contributed by atoms with Crippen molar-refractivity contribution in [3.05, 3.63) is 65.4 Å². The van der Waals surface area contributed by atoms with Crippen LogP contribution in [0.1, 0.15) is 21.6 Å². The Kier molecular flexibility index (Phi) is 4.28. The van der Waals surface area contributed by atoms with Gasteiger partial charge in [-0.25, -0.2) is 0 Å². The second-order valence-corrected chi connectivity index (χ2v) is 8.27. The normalized spacial score (nSPS) is 14.6. The van der Waals surface area contributed by atoms with Crippen LogP contribution in [-0.4, -0.2) is 41.9 Å². The summed E-state index contributed by atoms with van der Waals surface area (Å²) in [4.78, 5) is 14.4. The fourth-order valence-electron chi connectivity index (χ4n) is 3.74. The minimum absolute atomic E-state index is 0.0612. The van der Waals surface area contributed by atoms with E-state index >= 15 is 0 Å². The molecular formula is C20H20N2O4S. The molecule has 0 spiro atoms. The van der Waals surface area contributed by atoms with Crippen molar-refractivity contribution in [1.29, 1.82) is 0 Å². The van der Waals surface area contributed by atoms with Crippen molar-refractivity contribution in [2.45, 2.75) is 24.3 Å². The number of amides is 1. The standard InChI is InChI=1S/C20H20N2O4S/c1-21-11-10-16-17-13-15(27(24,25)26)7-8-18(17)22(19(16)20(21)23)12-9-14-5-3-2-4-6-14/h2-8,13H,9-12H2,1H3,(H,24,25,26). The summed E-state index contributed by atoms with van der Waals surface area (Å²) in [7, 11) is -2.52. The average Bonchev–Trinajstić information content (AvgIpc) is 2.97. The SMILES string of the molecule is CN1CCc2c(n(CCc3ccccc3)c3ccc(S(=O)(=O)O)cc23)C1=O. The monoisotopic (exact) mass is 384 g/mol. The van der Waals surface area contributed by atoms with Gasteiger partial charge in [-0.2, -0.15) is 8.42 Å². The number of likely N-dealkylation sites (N-methyl/N-ethyl adjacent to an activating group) is 1. The third kappa shape index (κ3) is 3.13. The van der Waals surface area contributed by atoms with Crippen LogP contribution in [0.25, 0.3) is 10.9 Å². The molecule has 0 fully saturated rings. The molecule has 0 unspecified atom stereocenters. The zero-order chi connectivity index (χ0) is 19.2. The first-order valence-electron chi connectivity index (χ1n) is 8.78. The number of aryl methyl sites for hydroxylation is 2. The van der Waals surface area contributed by atoms with Crippen LogP contribution in [0.4, 0.5) is 0 Å². The first-order chi connectivity index (χ1) is 12.9. The van der Waals surface area contributed by atoms with Crippen LogP contribution < -0.4 is 0 Å². The number of hydrogen-bond donors (Lipinski definition) is 1. The highest BCUT2D eigenvalue weighted by Crippen LogP contribution is 2.32. The summed E-state index contributed by atoms with van der Waals surface area (Å²) in [5.41, 5.74) is 3.44. The lowest BCUT2D eigenvalue weighted by atomic mass is 10.0. The molecule has 1 N–H and O–H groups in total. The highest BCUT2D eigenvalue weighted by atomic mass is 32.2. The number of rotatable bonds is 4. The van der Waals surface area contributed by atoms with Crippen molar-refractivity contribution in [1.82, 2.24) is 9.47 Å². The first-order valence-corrected chi connectivity index (χ1v) is 10.2. The molecule has 1 aromatic heterocycles. The van der Waals surface area contributed by atoms with E-state index in [0.29, 0.717) is 25.2 Å². The van der Waals surface area contributed by atoms with Gasteiger partial charge in [-0.05, 0) is 42.2 Å². The maximum Gasteiger partial charge on any atom is 0.294 e. The van der Waals surface area contributed by atoms with Crippen molar-refractivity contribution >= 4 is 26.9 Å². The summed E-state index contributed by atoms with van der Waals surface area (Å²) in [6.45, 7) is 1.19. The lowest BCUT2D eigenvalue weighted by molar-refractivity contribution is 0.0770. The fraction of sp³-hybridized carbons (Fsp3) is 0.250. The lowest BCUT2D eigenvalue weighted by Gasteiger charge is -2.24. The third-order valence-electron chi connectivity index (χ3n) is 5.15. The number of fused-ring (bicyclic) bond motifs is 3. The highest BCUT2D eigenvalue weighted by Gasteiger charge is 2.29. The van der Waals surface area contributed by atoms with Crippen LogP contribution in [0, 0.1) is 0 Å². The van der Waals surface area contributed by atoms with E-state index < -0.39 is 10.1 Å². The molecule has 0 bridgehead atoms. The number of benzene rings is 2. The molecule has 140 valence electrons. The van der Waals surface area contributed by atoms with E-state index in [2.05, 4.69) is 0 Å². The number of carbonyl (C=O) groups is 1. The summed E-state index contributed by atoms with van der Waals surface area (Å²) in [5, 5.41) is 0.717. The molecule has 27 heavy (non-hydrogen) atoms. The van der Waals surface area contributed by atoms with Gasteiger partial charge >= 0.3 is 0 Å². The van der Waals surface area contributed by atoms with Crippen LogP contribution in [0.15, 0.2) is 53.4 Å². The number of hydrogen-bond acceptors (Lipinski definition) is 3. The van der Waals surface area contributed by atoms with Gasteiger partial charge in [0.2, 0.25) is 0 Å². The van der Waals surface area contributed by atoms with Crippen molar-refractivity contribution < 1.29 is 17.8 Å². The molecule has 0 atom stereocenters. The Bertz CT molecular complexity index is 1130. The van der Waals surface area contributed by atoms with Gasteiger partial charge in [-0.3, -0.25) is 9.35 Å². The van der Waals surface area contributed by atoms with Crippen LogP contribution in [-0.2, 0) is 29.5 Å². The van der Waals surface area contributed by atoms with Gasteiger partial charge in [0.15, 0.2) is 0 Å². The lowest BCUT2D eigenvalue weighted by Crippen LogP contribution is -2.35. The quantitative estimate of drug-likeness (QED) is 0.702. The Balaban J connectivity index is 1.87. The van der Waals surface area contributed by atoms with Gasteiger partial charge in [0.25, 0.3) is 16.0 Å². The second kappa shape index (κ2) is 6.51. The van der Waals surface area contributed by atoms with Gasteiger partial charge in [0, 0.05) is 31.0 Å². The average molecular weight is 384 g/mol. The zero-order valence-electron chi connectivity index (χ0n) is 14.9. The minimum atomic E-state index is -4.30. The number of nitrogens with zero attached hydrogens (tertiary/aromatic N) is 2.